The van der Waals surface area contributed by atoms with Crippen LogP contribution in [0.15, 0.2) is 12.1 Å². The predicted molar refractivity (Wildman–Crippen MR) is 98.1 cm³/mol. The highest BCUT2D eigenvalue weighted by Crippen LogP contribution is 2.41. The first kappa shape index (κ1) is 18.8. The van der Waals surface area contributed by atoms with Crippen molar-refractivity contribution in [1.29, 1.82) is 0 Å². The molecule has 134 valence electrons. The van der Waals surface area contributed by atoms with Crippen LogP contribution >= 0.6 is 0 Å². The molecule has 0 saturated heterocycles. The second-order valence-electron chi connectivity index (χ2n) is 7.95. The van der Waals surface area contributed by atoms with Crippen molar-refractivity contribution in [3.63, 3.8) is 0 Å². The van der Waals surface area contributed by atoms with Gasteiger partial charge >= 0.3 is 5.97 Å². The lowest BCUT2D eigenvalue weighted by Crippen LogP contribution is -2.19. The molecule has 0 radical (unpaired) electrons. The van der Waals surface area contributed by atoms with Crippen molar-refractivity contribution < 1.29 is 15.0 Å². The first-order chi connectivity index (χ1) is 11.4. The lowest BCUT2D eigenvalue weighted by Gasteiger charge is -2.29. The molecule has 2 rings (SSSR count). The first-order valence-electron chi connectivity index (χ1n) is 9.47. The van der Waals surface area contributed by atoms with E-state index < -0.39 is 5.97 Å². The molecule has 3 nitrogen and oxygen atoms in total. The molecule has 24 heavy (non-hydrogen) atoms. The zero-order valence-electron chi connectivity index (χ0n) is 15.4. The number of carboxylic acid groups (broad SMARTS) is 1. The average molecular weight is 332 g/mol. The van der Waals surface area contributed by atoms with E-state index in [1.54, 1.807) is 6.07 Å². The Bertz CT molecular complexity index is 569. The zero-order chi connectivity index (χ0) is 17.7. The maximum atomic E-state index is 11.6. The van der Waals surface area contributed by atoms with Crippen LogP contribution in [0.4, 0.5) is 0 Å². The minimum absolute atomic E-state index is 0.0384. The Morgan fingerprint density at radius 2 is 1.83 bits per heavy atom. The summed E-state index contributed by atoms with van der Waals surface area (Å²) < 4.78 is 0. The molecule has 0 spiro atoms. The molecule has 0 aliphatic heterocycles. The Morgan fingerprint density at radius 1 is 1.17 bits per heavy atom. The third kappa shape index (κ3) is 4.31. The van der Waals surface area contributed by atoms with E-state index in [0.717, 1.165) is 49.7 Å². The van der Waals surface area contributed by atoms with E-state index in [-0.39, 0.29) is 16.7 Å². The van der Waals surface area contributed by atoms with Crippen LogP contribution in [0.2, 0.25) is 0 Å². The second kappa shape index (κ2) is 8.04. The third-order valence-corrected chi connectivity index (χ3v) is 5.57. The summed E-state index contributed by atoms with van der Waals surface area (Å²) in [5, 5.41) is 20.1. The fourth-order valence-electron chi connectivity index (χ4n) is 3.96. The number of aromatic carboxylic acids is 1. The van der Waals surface area contributed by atoms with Crippen LogP contribution in [0.3, 0.4) is 0 Å². The van der Waals surface area contributed by atoms with Gasteiger partial charge in [0.15, 0.2) is 0 Å². The smallest absolute Gasteiger partial charge is 0.339 e. The van der Waals surface area contributed by atoms with Gasteiger partial charge in [-0.2, -0.15) is 0 Å². The van der Waals surface area contributed by atoms with Gasteiger partial charge in [0, 0.05) is 5.56 Å². The molecule has 0 unspecified atom stereocenters. The molecule has 2 N–H and O–H groups in total. The SMILES string of the molecule is CCCCCC(C)(C)c1cc(C2CCCCC2)cc(C(=O)O)c1O. The highest BCUT2D eigenvalue weighted by atomic mass is 16.4. The summed E-state index contributed by atoms with van der Waals surface area (Å²) in [5.41, 5.74) is 1.76. The topological polar surface area (TPSA) is 57.5 Å². The molecule has 1 saturated carbocycles. The van der Waals surface area contributed by atoms with Crippen molar-refractivity contribution in [2.75, 3.05) is 0 Å². The summed E-state index contributed by atoms with van der Waals surface area (Å²) in [6.07, 6.45) is 10.3. The number of rotatable bonds is 7. The van der Waals surface area contributed by atoms with Gasteiger partial charge in [-0.3, -0.25) is 0 Å². The standard InChI is InChI=1S/C21H32O3/c1-4-5-9-12-21(2,3)18-14-16(15-10-7-6-8-11-15)13-17(19(18)22)20(23)24/h13-15,22H,4-12H2,1-3H3,(H,23,24). The summed E-state index contributed by atoms with van der Waals surface area (Å²) in [6, 6.07) is 3.79. The maximum absolute atomic E-state index is 11.6. The molecule has 3 heteroatoms. The Morgan fingerprint density at radius 3 is 2.42 bits per heavy atom. The number of aromatic hydroxyl groups is 1. The molecule has 0 amide bonds. The molecule has 1 aliphatic rings. The molecule has 1 fully saturated rings. The third-order valence-electron chi connectivity index (χ3n) is 5.57. The van der Waals surface area contributed by atoms with Gasteiger partial charge in [0.05, 0.1) is 0 Å². The Kier molecular flexibility index (Phi) is 6.31. The number of benzene rings is 1. The van der Waals surface area contributed by atoms with Crippen LogP contribution in [0, 0.1) is 0 Å². The molecule has 0 aromatic heterocycles. The van der Waals surface area contributed by atoms with E-state index in [1.165, 1.54) is 19.3 Å². The predicted octanol–water partition coefficient (Wildman–Crippen LogP) is 6.00. The summed E-state index contributed by atoms with van der Waals surface area (Å²) >= 11 is 0. The highest BCUT2D eigenvalue weighted by molar-refractivity contribution is 5.91. The van der Waals surface area contributed by atoms with E-state index in [2.05, 4.69) is 26.8 Å². The molecule has 0 bridgehead atoms. The monoisotopic (exact) mass is 332 g/mol. The van der Waals surface area contributed by atoms with Crippen LogP contribution in [0.25, 0.3) is 0 Å². The van der Waals surface area contributed by atoms with Crippen molar-refractivity contribution in [3.8, 4) is 5.75 Å². The van der Waals surface area contributed by atoms with Crippen LogP contribution in [-0.4, -0.2) is 16.2 Å². The van der Waals surface area contributed by atoms with Crippen LogP contribution in [0.5, 0.6) is 5.75 Å². The lowest BCUT2D eigenvalue weighted by atomic mass is 9.75. The average Bonchev–Trinajstić information content (AvgIpc) is 2.55. The van der Waals surface area contributed by atoms with Crippen LogP contribution in [-0.2, 0) is 5.41 Å². The molecule has 1 aliphatic carbocycles. The fourth-order valence-corrected chi connectivity index (χ4v) is 3.96. The molecule has 0 heterocycles. The van der Waals surface area contributed by atoms with Crippen molar-refractivity contribution in [1.82, 2.24) is 0 Å². The molecular weight excluding hydrogens is 300 g/mol. The van der Waals surface area contributed by atoms with Crippen molar-refractivity contribution in [2.45, 2.75) is 89.9 Å². The Labute approximate surface area is 146 Å². The second-order valence-corrected chi connectivity index (χ2v) is 7.95. The molecule has 0 atom stereocenters. The molecule has 1 aromatic rings. The van der Waals surface area contributed by atoms with Crippen molar-refractivity contribution in [3.05, 3.63) is 28.8 Å². The lowest BCUT2D eigenvalue weighted by molar-refractivity contribution is 0.0693. The highest BCUT2D eigenvalue weighted by Gasteiger charge is 2.29. The number of phenols is 1. The van der Waals surface area contributed by atoms with Gasteiger partial charge in [-0.25, -0.2) is 4.79 Å². The minimum atomic E-state index is -1.03. The first-order valence-corrected chi connectivity index (χ1v) is 9.47. The van der Waals surface area contributed by atoms with Gasteiger partial charge in [0.1, 0.15) is 11.3 Å². The van der Waals surface area contributed by atoms with Gasteiger partial charge in [-0.15, -0.1) is 0 Å². The fraction of sp³-hybridized carbons (Fsp3) is 0.667. The van der Waals surface area contributed by atoms with E-state index in [9.17, 15) is 15.0 Å². The van der Waals surface area contributed by atoms with Gasteiger partial charge in [0.2, 0.25) is 0 Å². The van der Waals surface area contributed by atoms with E-state index >= 15 is 0 Å². The summed E-state index contributed by atoms with van der Waals surface area (Å²) in [4.78, 5) is 11.6. The van der Waals surface area contributed by atoms with Crippen molar-refractivity contribution in [2.24, 2.45) is 0 Å². The van der Waals surface area contributed by atoms with Crippen molar-refractivity contribution >= 4 is 5.97 Å². The summed E-state index contributed by atoms with van der Waals surface area (Å²) in [6.45, 7) is 6.42. The van der Waals surface area contributed by atoms with Crippen LogP contribution in [0.1, 0.15) is 106 Å². The quantitative estimate of drug-likeness (QED) is 0.602. The molecule has 1 aromatic carbocycles. The maximum Gasteiger partial charge on any atom is 0.339 e. The van der Waals surface area contributed by atoms with E-state index in [1.807, 2.05) is 0 Å². The Hall–Kier alpha value is -1.51. The number of carboxylic acids is 1. The minimum Gasteiger partial charge on any atom is -0.507 e. The number of hydrogen-bond acceptors (Lipinski definition) is 2. The number of unbranched alkanes of at least 4 members (excludes halogenated alkanes) is 2. The van der Waals surface area contributed by atoms with Gasteiger partial charge in [-0.05, 0) is 42.2 Å². The zero-order valence-corrected chi connectivity index (χ0v) is 15.4. The number of hydrogen-bond donors (Lipinski definition) is 2. The van der Waals surface area contributed by atoms with Gasteiger partial charge in [0.25, 0.3) is 0 Å². The Balaban J connectivity index is 2.40. The number of carbonyl (C=O) groups is 1. The van der Waals surface area contributed by atoms with Crippen LogP contribution < -0.4 is 0 Å². The molecular formula is C21H32O3. The summed E-state index contributed by atoms with van der Waals surface area (Å²) in [7, 11) is 0. The van der Waals surface area contributed by atoms with E-state index in [0.29, 0.717) is 5.92 Å². The normalized spacial score (nSPS) is 16.3. The largest absolute Gasteiger partial charge is 0.507 e. The summed E-state index contributed by atoms with van der Waals surface area (Å²) in [5.74, 6) is -0.637. The van der Waals surface area contributed by atoms with E-state index in [4.69, 9.17) is 0 Å². The van der Waals surface area contributed by atoms with Gasteiger partial charge in [-0.1, -0.05) is 65.4 Å². The van der Waals surface area contributed by atoms with Gasteiger partial charge < -0.3 is 10.2 Å².